The van der Waals surface area contributed by atoms with Crippen LogP contribution in [0.5, 0.6) is 17.2 Å². The molecule has 1 atom stereocenters. The van der Waals surface area contributed by atoms with Crippen molar-refractivity contribution in [1.82, 2.24) is 5.43 Å². The molecule has 0 saturated heterocycles. The molecule has 2 aromatic rings. The van der Waals surface area contributed by atoms with Gasteiger partial charge in [-0.25, -0.2) is 10.2 Å². The van der Waals surface area contributed by atoms with Crippen molar-refractivity contribution in [2.24, 2.45) is 5.10 Å². The number of para-hydroxylation sites is 1. The normalized spacial score (nSPS) is 11.7. The summed E-state index contributed by atoms with van der Waals surface area (Å²) in [5, 5.41) is 13.6. The largest absolute Gasteiger partial charge is 0.493 e. The van der Waals surface area contributed by atoms with Gasteiger partial charge in [-0.05, 0) is 37.3 Å². The van der Waals surface area contributed by atoms with Gasteiger partial charge in [0.1, 0.15) is 5.75 Å². The maximum atomic E-state index is 11.9. The summed E-state index contributed by atoms with van der Waals surface area (Å²) in [7, 11) is 1.43. The standard InChI is InChI=1S/C19H18Cl2N2O6/c1-11(19(25)26)29-18-12(4-3-5-16(18)27-2)9-22-23-17(24)10-28-15-7-6-13(20)8-14(15)21/h3-9,11H,10H2,1-2H3,(H,23,24)(H,25,26)/b22-9+/t11-/m0/s1. The van der Waals surface area contributed by atoms with E-state index in [1.807, 2.05) is 0 Å². The Labute approximate surface area is 177 Å². The number of hydrogen-bond donors (Lipinski definition) is 2. The summed E-state index contributed by atoms with van der Waals surface area (Å²) in [6.45, 7) is 1.06. The Bertz CT molecular complexity index is 920. The fourth-order valence-electron chi connectivity index (χ4n) is 2.09. The van der Waals surface area contributed by atoms with Crippen LogP contribution in [0, 0.1) is 0 Å². The maximum Gasteiger partial charge on any atom is 0.344 e. The molecule has 0 spiro atoms. The van der Waals surface area contributed by atoms with Crippen molar-refractivity contribution in [3.63, 3.8) is 0 Å². The number of methoxy groups -OCH3 is 1. The lowest BCUT2D eigenvalue weighted by Crippen LogP contribution is -2.25. The number of nitrogens with one attached hydrogen (secondary N) is 1. The number of amides is 1. The topological polar surface area (TPSA) is 106 Å². The third kappa shape index (κ3) is 6.55. The molecule has 2 N–H and O–H groups in total. The molecule has 0 radical (unpaired) electrons. The van der Waals surface area contributed by atoms with E-state index < -0.39 is 18.0 Å². The van der Waals surface area contributed by atoms with Gasteiger partial charge in [0.15, 0.2) is 24.2 Å². The first-order chi connectivity index (χ1) is 13.8. The summed E-state index contributed by atoms with van der Waals surface area (Å²) in [5.74, 6) is -0.843. The molecule has 0 fully saturated rings. The number of ether oxygens (including phenoxy) is 3. The molecule has 0 aliphatic rings. The number of rotatable bonds is 9. The highest BCUT2D eigenvalue weighted by Crippen LogP contribution is 2.31. The zero-order valence-electron chi connectivity index (χ0n) is 15.5. The molecular formula is C19H18Cl2N2O6. The third-order valence-electron chi connectivity index (χ3n) is 3.52. The highest BCUT2D eigenvalue weighted by atomic mass is 35.5. The summed E-state index contributed by atoms with van der Waals surface area (Å²) in [6.07, 6.45) is 0.199. The van der Waals surface area contributed by atoms with Crippen LogP contribution in [-0.4, -0.2) is 43.0 Å². The second-order valence-electron chi connectivity index (χ2n) is 5.63. The summed E-state index contributed by atoms with van der Waals surface area (Å²) >= 11 is 11.8. The zero-order chi connectivity index (χ0) is 21.4. The van der Waals surface area contributed by atoms with Gasteiger partial charge in [-0.15, -0.1) is 0 Å². The maximum absolute atomic E-state index is 11.9. The lowest BCUT2D eigenvalue weighted by Gasteiger charge is -2.15. The average Bonchev–Trinajstić information content (AvgIpc) is 2.68. The van der Waals surface area contributed by atoms with Gasteiger partial charge in [0.25, 0.3) is 5.91 Å². The molecule has 0 bridgehead atoms. The number of aliphatic carboxylic acids is 1. The van der Waals surface area contributed by atoms with Crippen LogP contribution in [0.15, 0.2) is 41.5 Å². The summed E-state index contributed by atoms with van der Waals surface area (Å²) in [6, 6.07) is 9.55. The van der Waals surface area contributed by atoms with E-state index in [4.69, 9.17) is 42.5 Å². The Hall–Kier alpha value is -2.97. The SMILES string of the molecule is COc1cccc(/C=N/NC(=O)COc2ccc(Cl)cc2Cl)c1O[C@@H](C)C(=O)O. The third-order valence-corrected chi connectivity index (χ3v) is 4.05. The number of halogens is 2. The van der Waals surface area contributed by atoms with Crippen LogP contribution < -0.4 is 19.6 Å². The molecule has 1 amide bonds. The number of carboxylic acids is 1. The highest BCUT2D eigenvalue weighted by Gasteiger charge is 2.18. The van der Waals surface area contributed by atoms with Crippen LogP contribution in [0.4, 0.5) is 0 Å². The Morgan fingerprint density at radius 1 is 1.24 bits per heavy atom. The first-order valence-electron chi connectivity index (χ1n) is 8.28. The van der Waals surface area contributed by atoms with Crippen molar-refractivity contribution < 1.29 is 28.9 Å². The van der Waals surface area contributed by atoms with E-state index in [1.54, 1.807) is 30.3 Å². The number of nitrogens with zero attached hydrogens (tertiary/aromatic N) is 1. The second kappa shape index (κ2) is 10.5. The summed E-state index contributed by atoms with van der Waals surface area (Å²) in [5.41, 5.74) is 2.71. The van der Waals surface area contributed by atoms with Gasteiger partial charge in [0.2, 0.25) is 0 Å². The number of benzene rings is 2. The molecule has 0 unspecified atom stereocenters. The first kappa shape index (κ1) is 22.3. The zero-order valence-corrected chi connectivity index (χ0v) is 17.0. The van der Waals surface area contributed by atoms with Crippen LogP contribution >= 0.6 is 23.2 Å². The minimum Gasteiger partial charge on any atom is -0.493 e. The van der Waals surface area contributed by atoms with Gasteiger partial charge in [0, 0.05) is 10.6 Å². The summed E-state index contributed by atoms with van der Waals surface area (Å²) < 4.78 is 15.9. The van der Waals surface area contributed by atoms with E-state index in [9.17, 15) is 9.59 Å². The van der Waals surface area contributed by atoms with Crippen LogP contribution in [0.2, 0.25) is 10.0 Å². The fourth-order valence-corrected chi connectivity index (χ4v) is 2.55. The summed E-state index contributed by atoms with van der Waals surface area (Å²) in [4.78, 5) is 23.0. The minimum atomic E-state index is -1.13. The van der Waals surface area contributed by atoms with E-state index in [0.717, 1.165) is 0 Å². The number of carbonyl (C=O) groups is 2. The van der Waals surface area contributed by atoms with Crippen LogP contribution in [0.3, 0.4) is 0 Å². The van der Waals surface area contributed by atoms with Crippen molar-refractivity contribution >= 4 is 41.3 Å². The quantitative estimate of drug-likeness (QED) is 0.457. The number of hydrogen-bond acceptors (Lipinski definition) is 6. The lowest BCUT2D eigenvalue weighted by atomic mass is 10.2. The van der Waals surface area contributed by atoms with Gasteiger partial charge < -0.3 is 19.3 Å². The number of carbonyl (C=O) groups excluding carboxylic acids is 1. The second-order valence-corrected chi connectivity index (χ2v) is 6.48. The van der Waals surface area contributed by atoms with Crippen molar-refractivity contribution in [3.05, 3.63) is 52.0 Å². The van der Waals surface area contributed by atoms with E-state index >= 15 is 0 Å². The van der Waals surface area contributed by atoms with Crippen molar-refractivity contribution in [2.75, 3.05) is 13.7 Å². The van der Waals surface area contributed by atoms with Gasteiger partial charge in [-0.3, -0.25) is 4.79 Å². The predicted octanol–water partition coefficient (Wildman–Crippen LogP) is 3.38. The smallest absolute Gasteiger partial charge is 0.344 e. The van der Waals surface area contributed by atoms with E-state index in [0.29, 0.717) is 22.1 Å². The molecule has 0 aliphatic carbocycles. The Morgan fingerprint density at radius 2 is 2.00 bits per heavy atom. The molecule has 0 saturated carbocycles. The first-order valence-corrected chi connectivity index (χ1v) is 9.03. The molecule has 2 aromatic carbocycles. The highest BCUT2D eigenvalue weighted by molar-refractivity contribution is 6.35. The monoisotopic (exact) mass is 440 g/mol. The molecule has 2 rings (SSSR count). The average molecular weight is 441 g/mol. The van der Waals surface area contributed by atoms with Crippen molar-refractivity contribution in [1.29, 1.82) is 0 Å². The fraction of sp³-hybridized carbons (Fsp3) is 0.211. The number of hydrazone groups is 1. The Kier molecular flexibility index (Phi) is 8.11. The van der Waals surface area contributed by atoms with Crippen molar-refractivity contribution in [2.45, 2.75) is 13.0 Å². The molecule has 29 heavy (non-hydrogen) atoms. The van der Waals surface area contributed by atoms with Gasteiger partial charge in [-0.1, -0.05) is 29.3 Å². The van der Waals surface area contributed by atoms with Crippen LogP contribution in [-0.2, 0) is 9.59 Å². The van der Waals surface area contributed by atoms with E-state index in [-0.39, 0.29) is 17.4 Å². The molecule has 0 heterocycles. The predicted molar refractivity (Wildman–Crippen MR) is 108 cm³/mol. The number of carboxylic acid groups (broad SMARTS) is 1. The molecule has 8 nitrogen and oxygen atoms in total. The molecular weight excluding hydrogens is 423 g/mol. The molecule has 0 aliphatic heterocycles. The molecule has 154 valence electrons. The van der Waals surface area contributed by atoms with Crippen LogP contribution in [0.1, 0.15) is 12.5 Å². The van der Waals surface area contributed by atoms with E-state index in [1.165, 1.54) is 26.3 Å². The van der Waals surface area contributed by atoms with Gasteiger partial charge >= 0.3 is 5.97 Å². The van der Waals surface area contributed by atoms with Gasteiger partial charge in [0.05, 0.1) is 18.3 Å². The lowest BCUT2D eigenvalue weighted by molar-refractivity contribution is -0.144. The Balaban J connectivity index is 2.01. The molecule has 10 heteroatoms. The van der Waals surface area contributed by atoms with Gasteiger partial charge in [-0.2, -0.15) is 5.10 Å². The van der Waals surface area contributed by atoms with E-state index in [2.05, 4.69) is 10.5 Å². The molecule has 0 aromatic heterocycles. The minimum absolute atomic E-state index is 0.187. The van der Waals surface area contributed by atoms with Crippen LogP contribution in [0.25, 0.3) is 0 Å². The Morgan fingerprint density at radius 3 is 2.66 bits per heavy atom. The van der Waals surface area contributed by atoms with Crippen molar-refractivity contribution in [3.8, 4) is 17.2 Å².